The summed E-state index contributed by atoms with van der Waals surface area (Å²) in [5.41, 5.74) is 5.36. The van der Waals surface area contributed by atoms with Crippen LogP contribution in [0.15, 0.2) is 77.3 Å². The molecule has 1 amide bonds. The fourth-order valence-electron chi connectivity index (χ4n) is 4.55. The first kappa shape index (κ1) is 22.2. The van der Waals surface area contributed by atoms with Gasteiger partial charge in [-0.15, -0.1) is 0 Å². The predicted octanol–water partition coefficient (Wildman–Crippen LogP) is 5.64. The Balaban J connectivity index is 1.53. The van der Waals surface area contributed by atoms with Gasteiger partial charge < -0.3 is 14.4 Å². The van der Waals surface area contributed by atoms with Crippen LogP contribution >= 0.6 is 15.9 Å². The number of hydrogen-bond acceptors (Lipinski definition) is 4. The van der Waals surface area contributed by atoms with Crippen molar-refractivity contribution in [3.05, 3.63) is 99.7 Å². The number of nitrogens with one attached hydrogen (secondary N) is 1. The highest BCUT2D eigenvalue weighted by atomic mass is 79.9. The van der Waals surface area contributed by atoms with Crippen molar-refractivity contribution in [2.75, 3.05) is 20.8 Å². The number of hydrogen-bond donors (Lipinski definition) is 1. The summed E-state index contributed by atoms with van der Waals surface area (Å²) in [6, 6.07) is 23.7. The molecule has 1 unspecified atom stereocenters. The smallest absolute Gasteiger partial charge is 0.273 e. The first-order chi connectivity index (χ1) is 16.6. The van der Waals surface area contributed by atoms with Gasteiger partial charge in [-0.1, -0.05) is 64.5 Å². The van der Waals surface area contributed by atoms with Crippen LogP contribution in [0.2, 0.25) is 0 Å². The zero-order chi connectivity index (χ0) is 23.7. The molecule has 7 heteroatoms. The van der Waals surface area contributed by atoms with Gasteiger partial charge in [0.15, 0.2) is 11.5 Å². The Morgan fingerprint density at radius 1 is 0.971 bits per heavy atom. The van der Waals surface area contributed by atoms with Crippen molar-refractivity contribution in [3.63, 3.8) is 0 Å². The number of carbonyl (C=O) groups is 1. The molecule has 0 saturated carbocycles. The summed E-state index contributed by atoms with van der Waals surface area (Å²) >= 11 is 3.59. The third-order valence-electron chi connectivity index (χ3n) is 6.16. The van der Waals surface area contributed by atoms with Gasteiger partial charge in [-0.25, -0.2) is 0 Å². The first-order valence-corrected chi connectivity index (χ1v) is 11.8. The van der Waals surface area contributed by atoms with Crippen LogP contribution in [0.5, 0.6) is 11.5 Å². The Bertz CT molecular complexity index is 1340. The molecule has 0 saturated heterocycles. The van der Waals surface area contributed by atoms with Crippen molar-refractivity contribution in [1.82, 2.24) is 15.1 Å². The summed E-state index contributed by atoms with van der Waals surface area (Å²) in [6.07, 6.45) is 0.676. The second-order valence-corrected chi connectivity index (χ2v) is 9.04. The molecular formula is C27H24BrN3O3. The number of methoxy groups -OCH3 is 2. The number of halogens is 1. The van der Waals surface area contributed by atoms with Crippen LogP contribution in [0, 0.1) is 0 Å². The zero-order valence-corrected chi connectivity index (χ0v) is 20.5. The molecule has 4 aromatic rings. The third kappa shape index (κ3) is 3.96. The number of H-pyrrole nitrogens is 1. The van der Waals surface area contributed by atoms with Crippen LogP contribution in [0.3, 0.4) is 0 Å². The van der Waals surface area contributed by atoms with Gasteiger partial charge in [0.1, 0.15) is 5.69 Å². The fourth-order valence-corrected chi connectivity index (χ4v) is 4.97. The molecule has 0 radical (unpaired) electrons. The number of fused-ring (bicyclic) bond motifs is 1. The minimum absolute atomic E-state index is 0.0462. The topological polar surface area (TPSA) is 67.5 Å². The first-order valence-electron chi connectivity index (χ1n) is 11.0. The number of nitrogens with zero attached hydrogens (tertiary/aromatic N) is 2. The average molecular weight is 518 g/mol. The van der Waals surface area contributed by atoms with E-state index >= 15 is 0 Å². The molecule has 5 rings (SSSR count). The Labute approximate surface area is 206 Å². The largest absolute Gasteiger partial charge is 0.493 e. The van der Waals surface area contributed by atoms with Gasteiger partial charge in [0, 0.05) is 22.1 Å². The highest BCUT2D eigenvalue weighted by molar-refractivity contribution is 9.10. The Kier molecular flexibility index (Phi) is 6.11. The number of aromatic amines is 1. The van der Waals surface area contributed by atoms with E-state index in [1.54, 1.807) is 14.2 Å². The molecule has 34 heavy (non-hydrogen) atoms. The van der Waals surface area contributed by atoms with Gasteiger partial charge in [0.25, 0.3) is 5.91 Å². The second kappa shape index (κ2) is 9.35. The van der Waals surface area contributed by atoms with Crippen LogP contribution in [-0.2, 0) is 6.42 Å². The number of ether oxygens (including phenoxy) is 2. The van der Waals surface area contributed by atoms with E-state index in [1.807, 2.05) is 65.6 Å². The summed E-state index contributed by atoms with van der Waals surface area (Å²) in [5.74, 6) is 1.32. The minimum Gasteiger partial charge on any atom is -0.493 e. The van der Waals surface area contributed by atoms with E-state index in [0.29, 0.717) is 30.2 Å². The van der Waals surface area contributed by atoms with Crippen molar-refractivity contribution < 1.29 is 14.3 Å². The van der Waals surface area contributed by atoms with Gasteiger partial charge in [-0.3, -0.25) is 9.89 Å². The van der Waals surface area contributed by atoms with Gasteiger partial charge in [-0.2, -0.15) is 5.10 Å². The number of benzene rings is 3. The molecule has 0 bridgehead atoms. The lowest BCUT2D eigenvalue weighted by Gasteiger charge is -2.26. The van der Waals surface area contributed by atoms with Crippen LogP contribution < -0.4 is 9.47 Å². The van der Waals surface area contributed by atoms with Crippen molar-refractivity contribution in [2.24, 2.45) is 0 Å². The van der Waals surface area contributed by atoms with Gasteiger partial charge in [0.05, 0.1) is 26.0 Å². The number of rotatable bonds is 7. The summed E-state index contributed by atoms with van der Waals surface area (Å²) in [7, 11) is 3.24. The maximum Gasteiger partial charge on any atom is 0.273 e. The van der Waals surface area contributed by atoms with Crippen molar-refractivity contribution in [1.29, 1.82) is 0 Å². The maximum atomic E-state index is 13.6. The van der Waals surface area contributed by atoms with E-state index < -0.39 is 0 Å². The highest BCUT2D eigenvalue weighted by Gasteiger charge is 2.41. The van der Waals surface area contributed by atoms with Gasteiger partial charge in [-0.05, 0) is 41.8 Å². The molecular weight excluding hydrogens is 494 g/mol. The zero-order valence-electron chi connectivity index (χ0n) is 18.9. The molecule has 1 aliphatic heterocycles. The molecule has 0 spiro atoms. The summed E-state index contributed by atoms with van der Waals surface area (Å²) in [4.78, 5) is 15.5. The van der Waals surface area contributed by atoms with Crippen molar-refractivity contribution in [2.45, 2.75) is 12.5 Å². The Hall–Kier alpha value is -3.58. The van der Waals surface area contributed by atoms with E-state index in [4.69, 9.17) is 9.47 Å². The van der Waals surface area contributed by atoms with E-state index in [1.165, 1.54) is 0 Å². The van der Waals surface area contributed by atoms with E-state index in [2.05, 4.69) is 38.3 Å². The summed E-state index contributed by atoms with van der Waals surface area (Å²) in [6.45, 7) is 0.544. The number of amides is 1. The normalized spacial score (nSPS) is 14.9. The summed E-state index contributed by atoms with van der Waals surface area (Å²) in [5, 5.41) is 7.56. The van der Waals surface area contributed by atoms with Gasteiger partial charge in [0.2, 0.25) is 0 Å². The molecule has 1 atom stereocenters. The number of aromatic nitrogens is 2. The molecule has 1 aromatic heterocycles. The highest BCUT2D eigenvalue weighted by Crippen LogP contribution is 2.43. The van der Waals surface area contributed by atoms with Crippen LogP contribution in [-0.4, -0.2) is 41.8 Å². The molecule has 2 heterocycles. The Morgan fingerprint density at radius 3 is 2.50 bits per heavy atom. The molecule has 172 valence electrons. The molecule has 1 aliphatic rings. The van der Waals surface area contributed by atoms with Crippen LogP contribution in [0.1, 0.15) is 33.2 Å². The second-order valence-electron chi connectivity index (χ2n) is 8.12. The quantitative estimate of drug-likeness (QED) is 0.344. The SMILES string of the molecule is COc1ccc(CCN2C(=O)c3[nH]nc(-c4ccccc4)c3C2c2cccc(Br)c2)cc1OC. The monoisotopic (exact) mass is 517 g/mol. The lowest BCUT2D eigenvalue weighted by Crippen LogP contribution is -2.31. The lowest BCUT2D eigenvalue weighted by atomic mass is 9.96. The molecule has 1 N–H and O–H groups in total. The molecule has 6 nitrogen and oxygen atoms in total. The fraction of sp³-hybridized carbons (Fsp3) is 0.185. The number of carbonyl (C=O) groups excluding carboxylic acids is 1. The molecule has 0 fully saturated rings. The minimum atomic E-state index is -0.242. The van der Waals surface area contributed by atoms with E-state index in [-0.39, 0.29) is 11.9 Å². The van der Waals surface area contributed by atoms with E-state index in [9.17, 15) is 4.79 Å². The van der Waals surface area contributed by atoms with E-state index in [0.717, 1.165) is 32.4 Å². The summed E-state index contributed by atoms with van der Waals surface area (Å²) < 4.78 is 11.8. The molecule has 0 aliphatic carbocycles. The van der Waals surface area contributed by atoms with Crippen molar-refractivity contribution >= 4 is 21.8 Å². The average Bonchev–Trinajstić information content (AvgIpc) is 3.41. The third-order valence-corrected chi connectivity index (χ3v) is 6.66. The maximum absolute atomic E-state index is 13.6. The van der Waals surface area contributed by atoms with Gasteiger partial charge >= 0.3 is 0 Å². The predicted molar refractivity (Wildman–Crippen MR) is 134 cm³/mol. The van der Waals surface area contributed by atoms with Crippen LogP contribution in [0.4, 0.5) is 0 Å². The molecule has 3 aromatic carbocycles. The standard InChI is InChI=1S/C27H24BrN3O3/c1-33-21-12-11-17(15-22(21)34-2)13-14-31-26(19-9-6-10-20(28)16-19)23-24(18-7-4-3-5-8-18)29-30-25(23)27(31)32/h3-12,15-16,26H,13-14H2,1-2H3,(H,29,30). The lowest BCUT2D eigenvalue weighted by molar-refractivity contribution is 0.0746. The van der Waals surface area contributed by atoms with Crippen molar-refractivity contribution in [3.8, 4) is 22.8 Å². The Morgan fingerprint density at radius 2 is 1.76 bits per heavy atom. The van der Waals surface area contributed by atoms with Crippen LogP contribution in [0.25, 0.3) is 11.3 Å².